The predicted octanol–water partition coefficient (Wildman–Crippen LogP) is 0.892. The van der Waals surface area contributed by atoms with Crippen LogP contribution in [0.15, 0.2) is 48.5 Å². The number of carbonyl (C=O) groups excluding carboxylic acids is 5. The topological polar surface area (TPSA) is 299 Å². The van der Waals surface area contributed by atoms with Crippen LogP contribution in [-0.2, 0) is 14.3 Å². The maximum atomic E-state index is 12.7. The van der Waals surface area contributed by atoms with Gasteiger partial charge in [-0.3, -0.25) is 24.0 Å². The second-order valence-corrected chi connectivity index (χ2v) is 16.8. The minimum absolute atomic E-state index is 0.0416. The van der Waals surface area contributed by atoms with E-state index in [4.69, 9.17) is 26.7 Å². The zero-order valence-electron chi connectivity index (χ0n) is 37.2. The fourth-order valence-corrected chi connectivity index (χ4v) is 8.61. The zero-order chi connectivity index (χ0) is 46.9. The van der Waals surface area contributed by atoms with Gasteiger partial charge in [-0.2, -0.15) is 9.97 Å². The van der Waals surface area contributed by atoms with Crippen LogP contribution in [0.2, 0.25) is 0 Å². The number of hydrogen-bond acceptors (Lipinski definition) is 18. The molecular formula is C44H56N16O7. The Balaban J connectivity index is 0.000000184. The lowest BCUT2D eigenvalue weighted by molar-refractivity contribution is -0.129. The van der Waals surface area contributed by atoms with Crippen LogP contribution in [0, 0.1) is 0 Å². The number of morpholine rings is 2. The first-order valence-corrected chi connectivity index (χ1v) is 22.6. The quantitative estimate of drug-likeness (QED) is 0.140. The lowest BCUT2D eigenvalue weighted by Gasteiger charge is -2.37. The monoisotopic (exact) mass is 920 g/mol. The maximum Gasteiger partial charge on any atom is 0.273 e. The first-order chi connectivity index (χ1) is 32.5. The summed E-state index contributed by atoms with van der Waals surface area (Å²) in [5.74, 6) is -0.207. The van der Waals surface area contributed by atoms with Gasteiger partial charge in [0.05, 0.1) is 26.4 Å². The van der Waals surface area contributed by atoms with Crippen LogP contribution < -0.4 is 37.6 Å². The molecule has 5 aliphatic rings. The zero-order valence-corrected chi connectivity index (χ0v) is 37.2. The maximum absolute atomic E-state index is 12.7. The third-order valence-electron chi connectivity index (χ3n) is 12.2. The van der Waals surface area contributed by atoms with Gasteiger partial charge in [0.1, 0.15) is 0 Å². The molecule has 0 radical (unpaired) electrons. The van der Waals surface area contributed by atoms with Gasteiger partial charge in [-0.15, -0.1) is 20.4 Å². The Hall–Kier alpha value is -7.11. The van der Waals surface area contributed by atoms with Crippen molar-refractivity contribution in [3.63, 3.8) is 0 Å². The number of likely N-dealkylation sites (tertiary alicyclic amines) is 1. The minimum atomic E-state index is -0.748. The highest BCUT2D eigenvalue weighted by atomic mass is 16.5. The summed E-state index contributed by atoms with van der Waals surface area (Å²) in [6.45, 7) is 7.98. The molecule has 8 N–H and O–H groups in total. The van der Waals surface area contributed by atoms with Crippen molar-refractivity contribution in [2.24, 2.45) is 17.2 Å². The molecule has 5 aliphatic heterocycles. The molecule has 5 saturated heterocycles. The second-order valence-electron chi connectivity index (χ2n) is 16.8. The van der Waals surface area contributed by atoms with E-state index in [9.17, 15) is 24.0 Å². The SMILES string of the molecule is NC(=O)c1nnc(N2CCC[C@@H](N)C2)nc1Nc1ccc(C(=O)N2CCOCC2)cc1.NC(=O)c1nnc(N2CCC[C@@H](N3CCCC3=O)C2)nc1Nc1ccc(C(=O)N2CCOCC2)cc1. The van der Waals surface area contributed by atoms with Crippen molar-refractivity contribution in [1.29, 1.82) is 0 Å². The molecule has 0 spiro atoms. The van der Waals surface area contributed by atoms with Crippen LogP contribution in [0.5, 0.6) is 0 Å². The molecule has 354 valence electrons. The van der Waals surface area contributed by atoms with Gasteiger partial charge in [0.25, 0.3) is 23.6 Å². The first-order valence-electron chi connectivity index (χ1n) is 22.6. The van der Waals surface area contributed by atoms with E-state index in [2.05, 4.69) is 41.0 Å². The largest absolute Gasteiger partial charge is 0.378 e. The number of nitrogens with one attached hydrogen (secondary N) is 2. The van der Waals surface area contributed by atoms with E-state index in [1.165, 1.54) is 0 Å². The van der Waals surface area contributed by atoms with Crippen LogP contribution in [0.3, 0.4) is 0 Å². The van der Waals surface area contributed by atoms with Gasteiger partial charge >= 0.3 is 0 Å². The smallest absolute Gasteiger partial charge is 0.273 e. The molecule has 9 rings (SSSR count). The van der Waals surface area contributed by atoms with Crippen molar-refractivity contribution < 1.29 is 33.4 Å². The van der Waals surface area contributed by atoms with Crippen molar-refractivity contribution in [3.05, 3.63) is 71.0 Å². The number of nitrogens with zero attached hydrogens (tertiary/aromatic N) is 11. The standard InChI is InChI=1S/C24H30N8O4.C20H26N8O3/c25-21(34)20-22(26-17-7-5-16(6-8-17)23(35)30-11-13-36-14-12-30)27-24(29-28-20)31-9-1-3-18(15-31)32-10-2-4-19(32)33;21-14-2-1-7-28(12-14)20-24-18(16(17(22)29)25-26-20)23-15-5-3-13(4-6-15)19(30)27-8-10-31-11-9-27/h5-8,18H,1-4,9-15H2,(H2,25,34)(H,26,27,29);3-6,14H,1-2,7-12,21H2,(H2,22,29)(H,23,24,26)/t18-;14-/m11/s1. The molecule has 2 aromatic heterocycles. The molecule has 0 unspecified atom stereocenters. The van der Waals surface area contributed by atoms with Gasteiger partial charge in [0.15, 0.2) is 23.0 Å². The number of ether oxygens (including phenoxy) is 2. The average Bonchev–Trinajstić information content (AvgIpc) is 3.80. The van der Waals surface area contributed by atoms with Gasteiger partial charge in [-0.05, 0) is 80.6 Å². The number of rotatable bonds is 11. The van der Waals surface area contributed by atoms with Crippen LogP contribution in [0.25, 0.3) is 0 Å². The van der Waals surface area contributed by atoms with E-state index in [0.29, 0.717) is 107 Å². The summed E-state index contributed by atoms with van der Waals surface area (Å²) in [5, 5.41) is 22.4. The molecule has 23 nitrogen and oxygen atoms in total. The van der Waals surface area contributed by atoms with Crippen LogP contribution in [0.1, 0.15) is 80.2 Å². The summed E-state index contributed by atoms with van der Waals surface area (Å²) in [6, 6.07) is 14.0. The van der Waals surface area contributed by atoms with E-state index in [1.807, 2.05) is 14.7 Å². The van der Waals surface area contributed by atoms with Crippen molar-refractivity contribution in [1.82, 2.24) is 45.1 Å². The highest BCUT2D eigenvalue weighted by Crippen LogP contribution is 2.27. The number of piperidine rings is 2. The Bertz CT molecular complexity index is 2410. The third-order valence-corrected chi connectivity index (χ3v) is 12.2. The summed E-state index contributed by atoms with van der Waals surface area (Å²) < 4.78 is 10.6. The number of nitrogens with two attached hydrogens (primary N) is 3. The Morgan fingerprint density at radius 3 is 1.48 bits per heavy atom. The Morgan fingerprint density at radius 1 is 0.582 bits per heavy atom. The van der Waals surface area contributed by atoms with Crippen LogP contribution in [-0.4, -0.2) is 172 Å². The molecule has 7 heterocycles. The first kappa shape index (κ1) is 46.4. The van der Waals surface area contributed by atoms with Gasteiger partial charge in [0.2, 0.25) is 17.8 Å². The fourth-order valence-electron chi connectivity index (χ4n) is 8.61. The predicted molar refractivity (Wildman–Crippen MR) is 245 cm³/mol. The van der Waals surface area contributed by atoms with E-state index in [0.717, 1.165) is 51.7 Å². The summed E-state index contributed by atoms with van der Waals surface area (Å²) in [4.78, 5) is 79.8. The Kier molecular flexibility index (Phi) is 14.9. The van der Waals surface area contributed by atoms with Gasteiger partial charge in [-0.1, -0.05) is 0 Å². The second kappa shape index (κ2) is 21.5. The lowest BCUT2D eigenvalue weighted by atomic mass is 10.0. The third kappa shape index (κ3) is 11.5. The molecule has 4 aromatic rings. The molecule has 2 aromatic carbocycles. The number of amides is 5. The summed E-state index contributed by atoms with van der Waals surface area (Å²) >= 11 is 0. The number of benzene rings is 2. The molecule has 67 heavy (non-hydrogen) atoms. The van der Waals surface area contributed by atoms with E-state index < -0.39 is 11.8 Å². The summed E-state index contributed by atoms with van der Waals surface area (Å²) in [5.41, 5.74) is 19.3. The highest BCUT2D eigenvalue weighted by molar-refractivity contribution is 5.98. The average molecular weight is 921 g/mol. The molecule has 0 bridgehead atoms. The Labute approximate surface area is 386 Å². The molecule has 0 saturated carbocycles. The van der Waals surface area contributed by atoms with E-state index in [-0.39, 0.29) is 52.8 Å². The molecular weight excluding hydrogens is 865 g/mol. The van der Waals surface area contributed by atoms with Crippen molar-refractivity contribution in [2.45, 2.75) is 50.6 Å². The van der Waals surface area contributed by atoms with Crippen molar-refractivity contribution >= 4 is 64.4 Å². The highest BCUT2D eigenvalue weighted by Gasteiger charge is 2.33. The van der Waals surface area contributed by atoms with Crippen molar-refractivity contribution in [2.75, 3.05) is 106 Å². The Morgan fingerprint density at radius 2 is 1.04 bits per heavy atom. The number of hydrogen-bond donors (Lipinski definition) is 5. The molecule has 0 aliphatic carbocycles. The molecule has 2 atom stereocenters. The number of aromatic nitrogens is 6. The number of primary amides is 2. The molecule has 5 amide bonds. The van der Waals surface area contributed by atoms with Gasteiger partial charge < -0.3 is 61.8 Å². The normalized spacial score (nSPS) is 19.9. The molecule has 23 heteroatoms. The van der Waals surface area contributed by atoms with Gasteiger partial charge in [0, 0.05) is 99.9 Å². The van der Waals surface area contributed by atoms with E-state index in [1.54, 1.807) is 58.3 Å². The fraction of sp³-hybridized carbons (Fsp3) is 0.477. The van der Waals surface area contributed by atoms with E-state index >= 15 is 0 Å². The van der Waals surface area contributed by atoms with Crippen LogP contribution >= 0.6 is 0 Å². The minimum Gasteiger partial charge on any atom is -0.378 e. The summed E-state index contributed by atoms with van der Waals surface area (Å²) in [6.07, 6.45) is 5.22. The number of carbonyl (C=O) groups is 5. The lowest BCUT2D eigenvalue weighted by Crippen LogP contribution is -2.49. The number of anilines is 6. The van der Waals surface area contributed by atoms with Crippen molar-refractivity contribution in [3.8, 4) is 0 Å². The summed E-state index contributed by atoms with van der Waals surface area (Å²) in [7, 11) is 0. The van der Waals surface area contributed by atoms with Crippen LogP contribution in [0.4, 0.5) is 34.9 Å². The van der Waals surface area contributed by atoms with Gasteiger partial charge in [-0.25, -0.2) is 0 Å². The molecule has 5 fully saturated rings.